The van der Waals surface area contributed by atoms with Gasteiger partial charge in [-0.3, -0.25) is 19.3 Å². The number of likely N-dealkylation sites (tertiary alicyclic amines) is 1. The summed E-state index contributed by atoms with van der Waals surface area (Å²) in [6.45, 7) is 3.80. The Bertz CT molecular complexity index is 772. The van der Waals surface area contributed by atoms with Crippen LogP contribution in [0.2, 0.25) is 5.02 Å². The zero-order chi connectivity index (χ0) is 19.7. The molecular formula is C20H24ClN3O4. The standard InChI is InChI=1S/C20H24ClN3O4/c21-15-2-1-3-16(12-15)24-18(25)13-17(20(24)27)22-6-4-14(5-7-22)19(26)23-8-10-28-11-9-23/h1-3,12,14,17H,4-11,13H2/t17-/m0/s1. The molecule has 1 aromatic rings. The second-order valence-electron chi connectivity index (χ2n) is 7.52. The summed E-state index contributed by atoms with van der Waals surface area (Å²) in [6, 6.07) is 6.34. The van der Waals surface area contributed by atoms with Gasteiger partial charge in [0, 0.05) is 24.0 Å². The number of amides is 3. The highest BCUT2D eigenvalue weighted by Gasteiger charge is 2.44. The van der Waals surface area contributed by atoms with E-state index in [0.29, 0.717) is 62.9 Å². The van der Waals surface area contributed by atoms with Gasteiger partial charge in [-0.15, -0.1) is 0 Å². The molecule has 0 aliphatic carbocycles. The Hall–Kier alpha value is -1.96. The number of hydrogen-bond acceptors (Lipinski definition) is 5. The van der Waals surface area contributed by atoms with E-state index in [4.69, 9.17) is 16.3 Å². The lowest BCUT2D eigenvalue weighted by molar-refractivity contribution is -0.141. The van der Waals surface area contributed by atoms with Crippen LogP contribution in [0.25, 0.3) is 0 Å². The highest BCUT2D eigenvalue weighted by molar-refractivity contribution is 6.31. The summed E-state index contributed by atoms with van der Waals surface area (Å²) in [5.74, 6) is -0.225. The van der Waals surface area contributed by atoms with E-state index in [1.807, 2.05) is 9.80 Å². The summed E-state index contributed by atoms with van der Waals surface area (Å²) in [5.41, 5.74) is 0.516. The zero-order valence-electron chi connectivity index (χ0n) is 15.7. The van der Waals surface area contributed by atoms with E-state index < -0.39 is 6.04 Å². The smallest absolute Gasteiger partial charge is 0.251 e. The van der Waals surface area contributed by atoms with Crippen molar-refractivity contribution in [2.45, 2.75) is 25.3 Å². The zero-order valence-corrected chi connectivity index (χ0v) is 16.4. The Morgan fingerprint density at radius 2 is 1.79 bits per heavy atom. The highest BCUT2D eigenvalue weighted by atomic mass is 35.5. The van der Waals surface area contributed by atoms with Crippen LogP contribution in [0.1, 0.15) is 19.3 Å². The number of imide groups is 1. The third-order valence-electron chi connectivity index (χ3n) is 5.83. The first kappa shape index (κ1) is 19.4. The first-order valence-electron chi connectivity index (χ1n) is 9.77. The van der Waals surface area contributed by atoms with Crippen LogP contribution in [0.5, 0.6) is 0 Å². The number of hydrogen-bond donors (Lipinski definition) is 0. The molecule has 0 saturated carbocycles. The van der Waals surface area contributed by atoms with Gasteiger partial charge in [-0.25, -0.2) is 4.90 Å². The summed E-state index contributed by atoms with van der Waals surface area (Å²) in [5, 5.41) is 0.490. The molecule has 3 aliphatic heterocycles. The average molecular weight is 406 g/mol. The first-order valence-corrected chi connectivity index (χ1v) is 10.2. The maximum atomic E-state index is 12.9. The van der Waals surface area contributed by atoms with Crippen molar-refractivity contribution in [3.05, 3.63) is 29.3 Å². The number of carbonyl (C=O) groups is 3. The van der Waals surface area contributed by atoms with Crippen LogP contribution in [0.15, 0.2) is 24.3 Å². The van der Waals surface area contributed by atoms with Crippen molar-refractivity contribution in [3.8, 4) is 0 Å². The Labute approximate surface area is 169 Å². The predicted molar refractivity (Wildman–Crippen MR) is 104 cm³/mol. The highest BCUT2D eigenvalue weighted by Crippen LogP contribution is 2.30. The Balaban J connectivity index is 1.38. The number of carbonyl (C=O) groups excluding carboxylic acids is 3. The van der Waals surface area contributed by atoms with Gasteiger partial charge in [-0.2, -0.15) is 0 Å². The Kier molecular flexibility index (Phi) is 5.66. The number of nitrogens with zero attached hydrogens (tertiary/aromatic N) is 3. The van der Waals surface area contributed by atoms with E-state index in [1.54, 1.807) is 24.3 Å². The summed E-state index contributed by atoms with van der Waals surface area (Å²) in [4.78, 5) is 43.3. The van der Waals surface area contributed by atoms with Gasteiger partial charge >= 0.3 is 0 Å². The van der Waals surface area contributed by atoms with Gasteiger partial charge in [0.2, 0.25) is 11.8 Å². The van der Waals surface area contributed by atoms with Crippen molar-refractivity contribution in [1.29, 1.82) is 0 Å². The maximum absolute atomic E-state index is 12.9. The molecule has 3 saturated heterocycles. The summed E-state index contributed by atoms with van der Waals surface area (Å²) < 4.78 is 5.31. The monoisotopic (exact) mass is 405 g/mol. The second-order valence-corrected chi connectivity index (χ2v) is 7.95. The molecule has 3 amide bonds. The summed E-state index contributed by atoms with van der Waals surface area (Å²) in [7, 11) is 0. The van der Waals surface area contributed by atoms with Crippen molar-refractivity contribution in [2.24, 2.45) is 5.92 Å². The number of benzene rings is 1. The first-order chi connectivity index (χ1) is 13.5. The van der Waals surface area contributed by atoms with Crippen LogP contribution < -0.4 is 4.90 Å². The minimum Gasteiger partial charge on any atom is -0.378 e. The number of morpholine rings is 1. The van der Waals surface area contributed by atoms with Gasteiger partial charge in [-0.1, -0.05) is 17.7 Å². The van der Waals surface area contributed by atoms with Crippen molar-refractivity contribution in [3.63, 3.8) is 0 Å². The molecule has 0 spiro atoms. The van der Waals surface area contributed by atoms with Gasteiger partial charge in [0.1, 0.15) is 0 Å². The average Bonchev–Trinajstić information content (AvgIpc) is 3.02. The minimum atomic E-state index is -0.453. The van der Waals surface area contributed by atoms with Gasteiger partial charge in [0.05, 0.1) is 31.4 Å². The molecule has 3 aliphatic rings. The second kappa shape index (κ2) is 8.19. The summed E-state index contributed by atoms with van der Waals surface area (Å²) in [6.07, 6.45) is 1.60. The molecule has 3 heterocycles. The topological polar surface area (TPSA) is 70.2 Å². The van der Waals surface area contributed by atoms with Gasteiger partial charge in [0.15, 0.2) is 0 Å². The molecule has 0 unspecified atom stereocenters. The SMILES string of the molecule is O=C(C1CCN([C@H]2CC(=O)N(c3cccc(Cl)c3)C2=O)CC1)N1CCOCC1. The van der Waals surface area contributed by atoms with E-state index in [0.717, 1.165) is 0 Å². The lowest BCUT2D eigenvalue weighted by Crippen LogP contribution is -2.50. The van der Waals surface area contributed by atoms with Crippen LogP contribution in [0.4, 0.5) is 5.69 Å². The molecule has 1 aromatic carbocycles. The van der Waals surface area contributed by atoms with Gasteiger partial charge in [-0.05, 0) is 44.1 Å². The number of halogens is 1. The molecule has 28 heavy (non-hydrogen) atoms. The van der Waals surface area contributed by atoms with Crippen LogP contribution in [0, 0.1) is 5.92 Å². The number of ether oxygens (including phenoxy) is 1. The predicted octanol–water partition coefficient (Wildman–Crippen LogP) is 1.54. The molecule has 8 heteroatoms. The molecule has 0 N–H and O–H groups in total. The van der Waals surface area contributed by atoms with Gasteiger partial charge < -0.3 is 9.64 Å². The van der Waals surface area contributed by atoms with Crippen molar-refractivity contribution in [1.82, 2.24) is 9.80 Å². The summed E-state index contributed by atoms with van der Waals surface area (Å²) >= 11 is 6.01. The molecule has 7 nitrogen and oxygen atoms in total. The third kappa shape index (κ3) is 3.79. The largest absolute Gasteiger partial charge is 0.378 e. The van der Waals surface area contributed by atoms with Crippen molar-refractivity contribution < 1.29 is 19.1 Å². The van der Waals surface area contributed by atoms with E-state index in [-0.39, 0.29) is 30.1 Å². The van der Waals surface area contributed by atoms with E-state index in [1.165, 1.54) is 4.90 Å². The molecule has 0 bridgehead atoms. The van der Waals surface area contributed by atoms with Crippen LogP contribution in [0.3, 0.4) is 0 Å². The molecule has 1 atom stereocenters. The fourth-order valence-corrected chi connectivity index (χ4v) is 4.47. The van der Waals surface area contributed by atoms with Crippen LogP contribution in [-0.2, 0) is 19.1 Å². The number of anilines is 1. The minimum absolute atomic E-state index is 0.00871. The lowest BCUT2D eigenvalue weighted by atomic mass is 9.94. The number of rotatable bonds is 3. The van der Waals surface area contributed by atoms with Gasteiger partial charge in [0.25, 0.3) is 5.91 Å². The Morgan fingerprint density at radius 3 is 2.46 bits per heavy atom. The quantitative estimate of drug-likeness (QED) is 0.713. The molecule has 0 aromatic heterocycles. The number of piperidine rings is 1. The van der Waals surface area contributed by atoms with Crippen molar-refractivity contribution >= 4 is 35.0 Å². The fourth-order valence-electron chi connectivity index (χ4n) is 4.29. The van der Waals surface area contributed by atoms with E-state index >= 15 is 0 Å². The molecular weight excluding hydrogens is 382 g/mol. The fraction of sp³-hybridized carbons (Fsp3) is 0.550. The maximum Gasteiger partial charge on any atom is 0.251 e. The third-order valence-corrected chi connectivity index (χ3v) is 6.07. The molecule has 0 radical (unpaired) electrons. The molecule has 4 rings (SSSR count). The lowest BCUT2D eigenvalue weighted by Gasteiger charge is -2.37. The normalized spacial score (nSPS) is 24.8. The molecule has 150 valence electrons. The van der Waals surface area contributed by atoms with E-state index in [9.17, 15) is 14.4 Å². The molecule has 3 fully saturated rings. The van der Waals surface area contributed by atoms with Crippen LogP contribution in [-0.4, -0.2) is 73.0 Å². The van der Waals surface area contributed by atoms with Crippen LogP contribution >= 0.6 is 11.6 Å². The Morgan fingerprint density at radius 1 is 1.07 bits per heavy atom. The van der Waals surface area contributed by atoms with E-state index in [2.05, 4.69) is 0 Å². The van der Waals surface area contributed by atoms with Crippen molar-refractivity contribution in [2.75, 3.05) is 44.3 Å².